The Kier molecular flexibility index (Phi) is 6.62. The molecule has 1 aromatic rings. The molecule has 1 aromatic carbocycles. The largest absolute Gasteiger partial charge is 0.321 e. The van der Waals surface area contributed by atoms with Crippen molar-refractivity contribution in [1.82, 2.24) is 0 Å². The second-order valence-corrected chi connectivity index (χ2v) is 9.41. The molecule has 0 amide bonds. The molecule has 1 rings (SSSR count). The van der Waals surface area contributed by atoms with Crippen molar-refractivity contribution in [2.24, 2.45) is 15.2 Å². The summed E-state index contributed by atoms with van der Waals surface area (Å²) in [5.41, 5.74) is 4.40. The predicted molar refractivity (Wildman–Crippen MR) is 88.4 cm³/mol. The highest BCUT2D eigenvalue weighted by Crippen LogP contribution is 2.24. The van der Waals surface area contributed by atoms with E-state index in [9.17, 15) is 25.8 Å². The molecule has 2 atom stereocenters. The molecule has 12 heteroatoms. The van der Waals surface area contributed by atoms with Crippen LogP contribution in [0.15, 0.2) is 28.6 Å². The molecule has 0 aromatic heterocycles. The molecule has 0 aliphatic carbocycles. The molecule has 0 fully saturated rings. The predicted octanol–water partition coefficient (Wildman–Crippen LogP) is 1.25. The third-order valence-corrected chi connectivity index (χ3v) is 5.54. The van der Waals surface area contributed by atoms with Crippen LogP contribution in [0.1, 0.15) is 18.9 Å². The number of nitrogens with zero attached hydrogens (tertiary/aromatic N) is 1. The van der Waals surface area contributed by atoms with Crippen LogP contribution in [0.4, 0.5) is 13.2 Å². The van der Waals surface area contributed by atoms with E-state index in [-0.39, 0.29) is 5.56 Å². The van der Waals surface area contributed by atoms with E-state index in [2.05, 4.69) is 4.36 Å². The Hall–Kier alpha value is -1.21. The number of nitrogens with two attached hydrogens (primary N) is 2. The van der Waals surface area contributed by atoms with Gasteiger partial charge in [-0.05, 0) is 13.0 Å². The van der Waals surface area contributed by atoms with Gasteiger partial charge in [0.2, 0.25) is 0 Å². The minimum atomic E-state index is -4.57. The zero-order chi connectivity index (χ0) is 19.5. The van der Waals surface area contributed by atoms with Gasteiger partial charge in [0.1, 0.15) is 22.3 Å². The van der Waals surface area contributed by atoms with Crippen LogP contribution in [0.3, 0.4) is 0 Å². The van der Waals surface area contributed by atoms with Gasteiger partial charge in [0.15, 0.2) is 0 Å². The fraction of sp³-hybridized carbons (Fsp3) is 0.538. The zero-order valence-electron chi connectivity index (χ0n) is 13.4. The summed E-state index contributed by atoms with van der Waals surface area (Å²) in [4.78, 5) is 0. The van der Waals surface area contributed by atoms with Crippen LogP contribution in [0, 0.1) is 5.82 Å². The first-order valence-corrected chi connectivity index (χ1v) is 10.3. The van der Waals surface area contributed by atoms with E-state index in [0.717, 1.165) is 6.07 Å². The molecule has 5 N–H and O–H groups in total. The maximum absolute atomic E-state index is 13.8. The number of rotatable bonds is 8. The molecule has 1 unspecified atom stereocenters. The minimum absolute atomic E-state index is 0.00140. The number of halogens is 3. The topological polar surface area (TPSA) is 136 Å². The van der Waals surface area contributed by atoms with E-state index in [1.165, 1.54) is 25.1 Å². The summed E-state index contributed by atoms with van der Waals surface area (Å²) < 4.78 is 85.9. The van der Waals surface area contributed by atoms with E-state index < -0.39 is 61.8 Å². The highest BCUT2D eigenvalue weighted by atomic mass is 32.2. The zero-order valence-corrected chi connectivity index (χ0v) is 15.0. The highest BCUT2D eigenvalue weighted by molar-refractivity contribution is 7.91. The smallest absolute Gasteiger partial charge is 0.269 e. The summed E-state index contributed by atoms with van der Waals surface area (Å²) in [6.45, 7) is 0.0229. The van der Waals surface area contributed by atoms with Gasteiger partial charge in [-0.2, -0.15) is 8.42 Å². The molecule has 0 aliphatic rings. The Balaban J connectivity index is 2.91. The first kappa shape index (κ1) is 21.8. The van der Waals surface area contributed by atoms with Crippen LogP contribution in [-0.4, -0.2) is 41.2 Å². The maximum atomic E-state index is 13.8. The lowest BCUT2D eigenvalue weighted by atomic mass is 9.95. The third kappa shape index (κ3) is 7.69. The van der Waals surface area contributed by atoms with Gasteiger partial charge >= 0.3 is 0 Å². The monoisotopic (exact) mass is 403 g/mol. The molecule has 7 nitrogen and oxygen atoms in total. The van der Waals surface area contributed by atoms with Crippen LogP contribution >= 0.6 is 0 Å². The molecule has 25 heavy (non-hydrogen) atoms. The molecular weight excluding hydrogens is 383 g/mol. The Labute approximate surface area is 144 Å². The second kappa shape index (κ2) is 7.58. The summed E-state index contributed by atoms with van der Waals surface area (Å²) in [6, 6.07) is 5.42. The van der Waals surface area contributed by atoms with Gasteiger partial charge < -0.3 is 5.73 Å². The van der Waals surface area contributed by atoms with Crippen LogP contribution in [-0.2, 0) is 25.6 Å². The summed E-state index contributed by atoms with van der Waals surface area (Å²) in [7, 11) is -8.27. The summed E-state index contributed by atoms with van der Waals surface area (Å²) >= 11 is 0. The van der Waals surface area contributed by atoms with Crippen molar-refractivity contribution in [2.45, 2.75) is 24.8 Å². The molecule has 0 aliphatic heterocycles. The maximum Gasteiger partial charge on any atom is 0.269 e. The fourth-order valence-corrected chi connectivity index (χ4v) is 4.11. The van der Waals surface area contributed by atoms with Crippen LogP contribution < -0.4 is 10.9 Å². The second-order valence-electron chi connectivity index (χ2n) is 5.91. The third-order valence-electron chi connectivity index (χ3n) is 3.24. The molecule has 144 valence electrons. The average molecular weight is 403 g/mol. The minimum Gasteiger partial charge on any atom is -0.321 e. The lowest BCUT2D eigenvalue weighted by molar-refractivity contribution is 0.00844. The van der Waals surface area contributed by atoms with Crippen LogP contribution in [0.25, 0.3) is 0 Å². The average Bonchev–Trinajstić information content (AvgIpc) is 2.42. The van der Waals surface area contributed by atoms with E-state index in [0.29, 0.717) is 0 Å². The van der Waals surface area contributed by atoms with Gasteiger partial charge in [-0.25, -0.2) is 26.9 Å². The van der Waals surface area contributed by atoms with Crippen molar-refractivity contribution in [3.63, 3.8) is 0 Å². The van der Waals surface area contributed by atoms with Gasteiger partial charge in [-0.1, -0.05) is 18.2 Å². The number of alkyl halides is 2. The Morgan fingerprint density at radius 1 is 1.24 bits per heavy atom. The van der Waals surface area contributed by atoms with Gasteiger partial charge in [0, 0.05) is 12.0 Å². The number of benzene rings is 1. The number of hydrogen-bond donors (Lipinski definition) is 3. The molecule has 0 bridgehead atoms. The Bertz CT molecular complexity index is 835. The first-order chi connectivity index (χ1) is 11.1. The highest BCUT2D eigenvalue weighted by Gasteiger charge is 2.33. The molecule has 0 spiro atoms. The summed E-state index contributed by atoms with van der Waals surface area (Å²) in [5, 5.41) is 5.44. The normalized spacial score (nSPS) is 17.6. The summed E-state index contributed by atoms with van der Waals surface area (Å²) in [5.74, 6) is -6.07. The van der Waals surface area contributed by atoms with Crippen molar-refractivity contribution in [2.75, 3.05) is 18.1 Å². The van der Waals surface area contributed by atoms with Gasteiger partial charge in [-0.3, -0.25) is 4.55 Å². The first-order valence-electron chi connectivity index (χ1n) is 6.99. The SMILES string of the molecule is C[C@](N)(CS(N)(=O)=NCC(F)(F)CCS(=O)(=O)O)c1ccccc1F. The summed E-state index contributed by atoms with van der Waals surface area (Å²) in [6.07, 6.45) is -1.21. The van der Waals surface area contributed by atoms with Crippen LogP contribution in [0.5, 0.6) is 0 Å². The van der Waals surface area contributed by atoms with Crippen molar-refractivity contribution >= 4 is 20.0 Å². The van der Waals surface area contributed by atoms with Crippen molar-refractivity contribution < 1.29 is 30.4 Å². The molecule has 0 radical (unpaired) electrons. The molecule has 0 saturated heterocycles. The van der Waals surface area contributed by atoms with E-state index >= 15 is 0 Å². The Morgan fingerprint density at radius 3 is 2.32 bits per heavy atom. The molecule has 0 saturated carbocycles. The van der Waals surface area contributed by atoms with Crippen molar-refractivity contribution in [1.29, 1.82) is 0 Å². The van der Waals surface area contributed by atoms with E-state index in [4.69, 9.17) is 15.4 Å². The lowest BCUT2D eigenvalue weighted by Crippen LogP contribution is -2.43. The van der Waals surface area contributed by atoms with Gasteiger partial charge in [0.05, 0.1) is 17.0 Å². The lowest BCUT2D eigenvalue weighted by Gasteiger charge is -2.26. The Morgan fingerprint density at radius 2 is 1.80 bits per heavy atom. The van der Waals surface area contributed by atoms with E-state index in [1.54, 1.807) is 0 Å². The van der Waals surface area contributed by atoms with Crippen molar-refractivity contribution in [3.05, 3.63) is 35.6 Å². The van der Waals surface area contributed by atoms with Gasteiger partial charge in [0.25, 0.3) is 16.0 Å². The van der Waals surface area contributed by atoms with Crippen LogP contribution in [0.2, 0.25) is 0 Å². The molecular formula is C13H20F3N3O4S2. The standard InChI is InChI=1S/C13H20F3N3O4S2/c1-12(17,10-4-2-3-5-11(10)14)9-24(18,20)19-8-13(15,16)6-7-25(21,22)23/h2-5H,6-9,17H2,1H3,(H2,18,19,20)(H,21,22,23)/t12-,24?/m0/s1. The molecule has 0 heterocycles. The quantitative estimate of drug-likeness (QED) is 0.561. The van der Waals surface area contributed by atoms with Gasteiger partial charge in [-0.15, -0.1) is 0 Å². The fourth-order valence-electron chi connectivity index (χ4n) is 2.04. The number of hydrogen-bond acceptors (Lipinski definition) is 5. The van der Waals surface area contributed by atoms with Crippen molar-refractivity contribution in [3.8, 4) is 0 Å². The van der Waals surface area contributed by atoms with E-state index in [1.807, 2.05) is 0 Å².